The van der Waals surface area contributed by atoms with E-state index in [4.69, 9.17) is 0 Å². The fraction of sp³-hybridized carbons (Fsp3) is 0.161. The molecule has 3 amide bonds. The summed E-state index contributed by atoms with van der Waals surface area (Å²) in [6.45, 7) is 1.11. The first kappa shape index (κ1) is 25.8. The summed E-state index contributed by atoms with van der Waals surface area (Å²) < 4.78 is 0. The summed E-state index contributed by atoms with van der Waals surface area (Å²) in [6, 6.07) is 17.8. The number of hydrogen-bond donors (Lipinski definition) is 3. The third-order valence-electron chi connectivity index (χ3n) is 6.51. The Bertz CT molecular complexity index is 1410. The minimum Gasteiger partial charge on any atom is -0.324 e. The van der Waals surface area contributed by atoms with Gasteiger partial charge in [-0.2, -0.15) is 0 Å². The van der Waals surface area contributed by atoms with E-state index in [1.165, 1.54) is 0 Å². The number of carbonyl (C=O) groups is 3. The van der Waals surface area contributed by atoms with Crippen LogP contribution in [0, 0.1) is 0 Å². The maximum Gasteiger partial charge on any atom is 0.251 e. The van der Waals surface area contributed by atoms with Gasteiger partial charge in [0.05, 0.1) is 6.42 Å². The molecule has 8 heteroatoms. The summed E-state index contributed by atoms with van der Waals surface area (Å²) in [7, 11) is 0. The molecule has 0 saturated heterocycles. The SMILES string of the molecule is O=C(Nc1ccc(/C=C/c2ccc(NC(=O)[C@@H]3C=CCN3C(=O)Cc3cccnc3)cc2)cc1)[C@@H]1C=CCN1. The molecule has 0 bridgehead atoms. The van der Waals surface area contributed by atoms with Gasteiger partial charge >= 0.3 is 0 Å². The molecule has 0 fully saturated rings. The van der Waals surface area contributed by atoms with Gasteiger partial charge in [0, 0.05) is 36.9 Å². The Morgan fingerprint density at radius 3 is 2.13 bits per heavy atom. The average Bonchev–Trinajstić information content (AvgIpc) is 3.67. The highest BCUT2D eigenvalue weighted by atomic mass is 16.2. The fourth-order valence-electron chi connectivity index (χ4n) is 4.42. The number of nitrogens with one attached hydrogen (secondary N) is 3. The van der Waals surface area contributed by atoms with Crippen molar-refractivity contribution in [3.8, 4) is 0 Å². The van der Waals surface area contributed by atoms with Crippen LogP contribution >= 0.6 is 0 Å². The summed E-state index contributed by atoms with van der Waals surface area (Å²) >= 11 is 0. The molecule has 5 rings (SSSR count). The van der Waals surface area contributed by atoms with Crippen molar-refractivity contribution in [2.24, 2.45) is 0 Å². The average molecular weight is 520 g/mol. The first-order valence-electron chi connectivity index (χ1n) is 12.8. The number of benzene rings is 2. The topological polar surface area (TPSA) is 103 Å². The van der Waals surface area contributed by atoms with Crippen molar-refractivity contribution >= 4 is 41.2 Å². The molecule has 3 aromatic rings. The lowest BCUT2D eigenvalue weighted by atomic mass is 10.1. The molecule has 0 unspecified atom stereocenters. The Morgan fingerprint density at radius 2 is 1.54 bits per heavy atom. The minimum absolute atomic E-state index is 0.0766. The smallest absolute Gasteiger partial charge is 0.251 e. The fourth-order valence-corrected chi connectivity index (χ4v) is 4.42. The molecule has 1 aromatic heterocycles. The van der Waals surface area contributed by atoms with Crippen LogP contribution in [0.5, 0.6) is 0 Å². The van der Waals surface area contributed by atoms with Gasteiger partial charge in [0.25, 0.3) is 5.91 Å². The molecule has 0 aliphatic carbocycles. The Balaban J connectivity index is 1.13. The Morgan fingerprint density at radius 1 is 0.872 bits per heavy atom. The lowest BCUT2D eigenvalue weighted by Crippen LogP contribution is -2.44. The van der Waals surface area contributed by atoms with Crippen molar-refractivity contribution in [2.75, 3.05) is 23.7 Å². The number of aromatic nitrogens is 1. The largest absolute Gasteiger partial charge is 0.324 e. The number of hydrogen-bond acceptors (Lipinski definition) is 5. The van der Waals surface area contributed by atoms with E-state index in [1.54, 1.807) is 29.4 Å². The summed E-state index contributed by atoms with van der Waals surface area (Å²) in [5.74, 6) is -0.447. The second-order valence-corrected chi connectivity index (χ2v) is 9.33. The van der Waals surface area contributed by atoms with Crippen molar-refractivity contribution in [1.82, 2.24) is 15.2 Å². The van der Waals surface area contributed by atoms with Crippen LogP contribution in [0.2, 0.25) is 0 Å². The molecule has 2 atom stereocenters. The van der Waals surface area contributed by atoms with Gasteiger partial charge in [-0.05, 0) is 47.0 Å². The van der Waals surface area contributed by atoms with E-state index in [1.807, 2.05) is 85.0 Å². The van der Waals surface area contributed by atoms with Crippen LogP contribution in [0.3, 0.4) is 0 Å². The Hall–Kier alpha value is -4.82. The van der Waals surface area contributed by atoms with Crippen LogP contribution in [0.15, 0.2) is 97.4 Å². The van der Waals surface area contributed by atoms with E-state index in [9.17, 15) is 14.4 Å². The van der Waals surface area contributed by atoms with Crippen molar-refractivity contribution in [1.29, 1.82) is 0 Å². The highest BCUT2D eigenvalue weighted by Crippen LogP contribution is 2.18. The number of carbonyl (C=O) groups excluding carboxylic acids is 3. The number of nitrogens with zero attached hydrogens (tertiary/aromatic N) is 2. The molecular weight excluding hydrogens is 490 g/mol. The zero-order valence-corrected chi connectivity index (χ0v) is 21.3. The zero-order chi connectivity index (χ0) is 27.0. The minimum atomic E-state index is -0.646. The third-order valence-corrected chi connectivity index (χ3v) is 6.51. The van der Waals surface area contributed by atoms with E-state index in [0.29, 0.717) is 18.8 Å². The molecule has 196 valence electrons. The van der Waals surface area contributed by atoms with Crippen LogP contribution in [0.25, 0.3) is 12.2 Å². The maximum atomic E-state index is 12.9. The Labute approximate surface area is 227 Å². The zero-order valence-electron chi connectivity index (χ0n) is 21.3. The van der Waals surface area contributed by atoms with Gasteiger partial charge in [-0.15, -0.1) is 0 Å². The van der Waals surface area contributed by atoms with Crippen LogP contribution < -0.4 is 16.0 Å². The van der Waals surface area contributed by atoms with Crippen molar-refractivity contribution in [3.63, 3.8) is 0 Å². The normalized spacial score (nSPS) is 18.0. The van der Waals surface area contributed by atoms with Gasteiger partial charge in [-0.25, -0.2) is 0 Å². The molecule has 2 aliphatic rings. The quantitative estimate of drug-likeness (QED) is 0.311. The monoisotopic (exact) mass is 519 g/mol. The van der Waals surface area contributed by atoms with E-state index < -0.39 is 6.04 Å². The highest BCUT2D eigenvalue weighted by Gasteiger charge is 2.30. The molecule has 0 radical (unpaired) electrons. The van der Waals surface area contributed by atoms with Crippen LogP contribution in [-0.4, -0.2) is 52.8 Å². The van der Waals surface area contributed by atoms with E-state index in [2.05, 4.69) is 20.9 Å². The molecule has 39 heavy (non-hydrogen) atoms. The molecule has 2 aromatic carbocycles. The number of pyridine rings is 1. The van der Waals surface area contributed by atoms with Crippen LogP contribution in [0.1, 0.15) is 16.7 Å². The van der Waals surface area contributed by atoms with E-state index >= 15 is 0 Å². The first-order valence-corrected chi connectivity index (χ1v) is 12.8. The van der Waals surface area contributed by atoms with Gasteiger partial charge in [-0.3, -0.25) is 24.7 Å². The van der Waals surface area contributed by atoms with Crippen LogP contribution in [-0.2, 0) is 20.8 Å². The van der Waals surface area contributed by atoms with E-state index in [0.717, 1.165) is 22.4 Å². The standard InChI is InChI=1S/C31H29N5O3/c37-29(20-24-4-1-17-32-21-24)36-19-3-6-28(36)31(39)35-26-15-11-23(12-16-26)8-7-22-9-13-25(14-10-22)34-30(38)27-5-2-18-33-27/h1-17,21,27-28,33H,18-20H2,(H,34,38)(H,35,39)/b8-7+/t27-,28-/m0/s1. The number of amides is 3. The molecule has 3 heterocycles. The molecule has 0 saturated carbocycles. The second kappa shape index (κ2) is 12.1. The second-order valence-electron chi connectivity index (χ2n) is 9.33. The predicted octanol–water partition coefficient (Wildman–Crippen LogP) is 3.67. The maximum absolute atomic E-state index is 12.9. The third kappa shape index (κ3) is 6.74. The summed E-state index contributed by atoms with van der Waals surface area (Å²) in [6.07, 6.45) is 14.9. The lowest BCUT2D eigenvalue weighted by Gasteiger charge is -2.24. The first-order chi connectivity index (χ1) is 19.0. The van der Waals surface area contributed by atoms with Gasteiger partial charge in [0.15, 0.2) is 0 Å². The predicted molar refractivity (Wildman–Crippen MR) is 153 cm³/mol. The van der Waals surface area contributed by atoms with Gasteiger partial charge < -0.3 is 15.5 Å². The summed E-state index contributed by atoms with van der Waals surface area (Å²) in [4.78, 5) is 43.5. The molecule has 2 aliphatic heterocycles. The molecule has 3 N–H and O–H groups in total. The number of anilines is 2. The van der Waals surface area contributed by atoms with Gasteiger partial charge in [0.1, 0.15) is 12.1 Å². The summed E-state index contributed by atoms with van der Waals surface area (Å²) in [5, 5.41) is 8.91. The lowest BCUT2D eigenvalue weighted by molar-refractivity contribution is -0.135. The molecule has 8 nitrogen and oxygen atoms in total. The summed E-state index contributed by atoms with van der Waals surface area (Å²) in [5.41, 5.74) is 4.18. The van der Waals surface area contributed by atoms with Crippen molar-refractivity contribution < 1.29 is 14.4 Å². The van der Waals surface area contributed by atoms with E-state index in [-0.39, 0.29) is 30.2 Å². The van der Waals surface area contributed by atoms with Gasteiger partial charge in [0.2, 0.25) is 11.8 Å². The molecular formula is C31H29N5O3. The van der Waals surface area contributed by atoms with Gasteiger partial charge in [-0.1, -0.05) is 66.8 Å². The van der Waals surface area contributed by atoms with Crippen molar-refractivity contribution in [3.05, 3.63) is 114 Å². The highest BCUT2D eigenvalue weighted by molar-refractivity contribution is 5.99. The Kier molecular flexibility index (Phi) is 8.04. The number of rotatable bonds is 8. The molecule has 0 spiro atoms. The van der Waals surface area contributed by atoms with Crippen molar-refractivity contribution in [2.45, 2.75) is 18.5 Å². The van der Waals surface area contributed by atoms with Crippen LogP contribution in [0.4, 0.5) is 11.4 Å².